The molecule has 3 heterocycles. The normalized spacial score (nSPS) is 18.0. The van der Waals surface area contributed by atoms with Crippen molar-refractivity contribution in [1.82, 2.24) is 19.9 Å². The van der Waals surface area contributed by atoms with Crippen LogP contribution >= 0.6 is 11.6 Å². The maximum absolute atomic E-state index is 12.1. The summed E-state index contributed by atoms with van der Waals surface area (Å²) in [5.41, 5.74) is 0.853. The van der Waals surface area contributed by atoms with Crippen molar-refractivity contribution in [1.29, 1.82) is 0 Å². The van der Waals surface area contributed by atoms with Crippen LogP contribution in [0.25, 0.3) is 11.0 Å². The van der Waals surface area contributed by atoms with Gasteiger partial charge in [-0.1, -0.05) is 11.6 Å². The van der Waals surface area contributed by atoms with E-state index in [1.54, 1.807) is 17.0 Å². The number of hydrogen-bond donors (Lipinski definition) is 1. The molecule has 2 aromatic heterocycles. The second-order valence-electron chi connectivity index (χ2n) is 6.78. The molecule has 1 amide bonds. The first-order valence-corrected chi connectivity index (χ1v) is 8.21. The molecule has 1 atom stereocenters. The van der Waals surface area contributed by atoms with Crippen LogP contribution in [0.4, 0.5) is 10.6 Å². The minimum Gasteiger partial charge on any atom is -0.444 e. The monoisotopic (exact) mass is 349 g/mol. The molecule has 128 valence electrons. The number of fused-ring (bicyclic) bond motifs is 1. The van der Waals surface area contributed by atoms with Crippen LogP contribution < -0.4 is 5.32 Å². The topological polar surface area (TPSA) is 80.2 Å². The molecule has 2 aromatic rings. The first-order valence-electron chi connectivity index (χ1n) is 7.83. The minimum atomic E-state index is -0.494. The van der Waals surface area contributed by atoms with Crippen molar-refractivity contribution in [2.24, 2.45) is 0 Å². The summed E-state index contributed by atoms with van der Waals surface area (Å²) in [5.74, 6) is 0.624. The summed E-state index contributed by atoms with van der Waals surface area (Å²) in [6.07, 6.45) is 2.01. The lowest BCUT2D eigenvalue weighted by molar-refractivity contribution is 0.0293. The van der Waals surface area contributed by atoms with E-state index in [-0.39, 0.29) is 12.1 Å². The van der Waals surface area contributed by atoms with Crippen LogP contribution in [0.5, 0.6) is 0 Å². The van der Waals surface area contributed by atoms with Crippen molar-refractivity contribution in [3.63, 3.8) is 0 Å². The molecule has 0 bridgehead atoms. The first-order chi connectivity index (χ1) is 11.3. The molecular weight excluding hydrogens is 330 g/mol. The van der Waals surface area contributed by atoms with E-state index in [2.05, 4.69) is 20.3 Å². The minimum absolute atomic E-state index is 0.0800. The van der Waals surface area contributed by atoms with Crippen LogP contribution in [0.15, 0.2) is 18.5 Å². The molecule has 1 aliphatic rings. The van der Waals surface area contributed by atoms with Crippen LogP contribution in [0.2, 0.25) is 5.15 Å². The van der Waals surface area contributed by atoms with Gasteiger partial charge in [0, 0.05) is 19.1 Å². The summed E-state index contributed by atoms with van der Waals surface area (Å²) < 4.78 is 5.41. The van der Waals surface area contributed by atoms with E-state index in [9.17, 15) is 4.79 Å². The highest BCUT2D eigenvalue weighted by atomic mass is 35.5. The number of nitrogens with one attached hydrogen (secondary N) is 1. The largest absolute Gasteiger partial charge is 0.444 e. The highest BCUT2D eigenvalue weighted by Crippen LogP contribution is 2.23. The van der Waals surface area contributed by atoms with Crippen molar-refractivity contribution in [3.8, 4) is 0 Å². The summed E-state index contributed by atoms with van der Waals surface area (Å²) in [4.78, 5) is 26.6. The van der Waals surface area contributed by atoms with Gasteiger partial charge in [0.25, 0.3) is 0 Å². The Kier molecular flexibility index (Phi) is 4.45. The number of amides is 1. The van der Waals surface area contributed by atoms with Gasteiger partial charge in [-0.2, -0.15) is 0 Å². The molecule has 24 heavy (non-hydrogen) atoms. The fourth-order valence-corrected chi connectivity index (χ4v) is 2.73. The van der Waals surface area contributed by atoms with E-state index in [0.717, 1.165) is 11.9 Å². The average molecular weight is 350 g/mol. The number of aromatic nitrogens is 3. The Hall–Kier alpha value is -2.15. The smallest absolute Gasteiger partial charge is 0.410 e. The lowest BCUT2D eigenvalue weighted by Crippen LogP contribution is -2.36. The summed E-state index contributed by atoms with van der Waals surface area (Å²) >= 11 is 5.97. The van der Waals surface area contributed by atoms with Gasteiger partial charge in [-0.3, -0.25) is 0 Å². The number of hydrogen-bond acceptors (Lipinski definition) is 6. The lowest BCUT2D eigenvalue weighted by atomic mass is 10.2. The fourth-order valence-electron chi connectivity index (χ4n) is 2.59. The van der Waals surface area contributed by atoms with Gasteiger partial charge in [-0.15, -0.1) is 0 Å². The van der Waals surface area contributed by atoms with Crippen LogP contribution in [0, 0.1) is 0 Å². The second kappa shape index (κ2) is 6.39. The van der Waals surface area contributed by atoms with E-state index in [1.807, 2.05) is 20.8 Å². The molecule has 0 spiro atoms. The molecule has 7 nitrogen and oxygen atoms in total. The number of anilines is 1. The van der Waals surface area contributed by atoms with Crippen molar-refractivity contribution < 1.29 is 9.53 Å². The number of carbonyl (C=O) groups excluding carboxylic acids is 1. The van der Waals surface area contributed by atoms with E-state index in [0.29, 0.717) is 29.6 Å². The van der Waals surface area contributed by atoms with Gasteiger partial charge >= 0.3 is 6.09 Å². The Bertz CT molecular complexity index is 762. The summed E-state index contributed by atoms with van der Waals surface area (Å²) in [6.45, 7) is 6.78. The van der Waals surface area contributed by atoms with Crippen LogP contribution in [-0.4, -0.2) is 50.7 Å². The zero-order chi connectivity index (χ0) is 17.3. The molecule has 3 rings (SSSR count). The number of nitrogens with zero attached hydrogens (tertiary/aromatic N) is 4. The molecule has 0 aromatic carbocycles. The number of carbonyl (C=O) groups is 1. The van der Waals surface area contributed by atoms with Crippen LogP contribution in [0.3, 0.4) is 0 Å². The van der Waals surface area contributed by atoms with Crippen molar-refractivity contribution in [2.45, 2.75) is 38.8 Å². The van der Waals surface area contributed by atoms with E-state index >= 15 is 0 Å². The lowest BCUT2D eigenvalue weighted by Gasteiger charge is -2.24. The van der Waals surface area contributed by atoms with Crippen molar-refractivity contribution in [2.75, 3.05) is 18.4 Å². The molecule has 8 heteroatoms. The van der Waals surface area contributed by atoms with E-state index < -0.39 is 5.60 Å². The van der Waals surface area contributed by atoms with Gasteiger partial charge in [-0.05, 0) is 39.3 Å². The molecule has 1 fully saturated rings. The Balaban J connectivity index is 1.70. The quantitative estimate of drug-likeness (QED) is 0.839. The third-order valence-electron chi connectivity index (χ3n) is 3.63. The Morgan fingerprint density at radius 3 is 2.92 bits per heavy atom. The van der Waals surface area contributed by atoms with Gasteiger partial charge in [0.2, 0.25) is 0 Å². The molecule has 1 aliphatic heterocycles. The summed E-state index contributed by atoms with van der Waals surface area (Å²) in [7, 11) is 0. The summed E-state index contributed by atoms with van der Waals surface area (Å²) in [6, 6.07) is 3.58. The Morgan fingerprint density at radius 1 is 1.38 bits per heavy atom. The average Bonchev–Trinajstić information content (AvgIpc) is 2.95. The third kappa shape index (κ3) is 3.84. The molecule has 1 unspecified atom stereocenters. The standard InChI is InChI=1S/C16H20ClN5O2/c1-16(2,3)24-15(23)22-7-6-10(8-22)20-14-13-11(18-9-19-14)4-5-12(17)21-13/h4-5,9-10H,6-8H2,1-3H3,(H,18,19,20). The van der Waals surface area contributed by atoms with Crippen molar-refractivity contribution in [3.05, 3.63) is 23.6 Å². The Labute approximate surface area is 145 Å². The molecule has 0 saturated carbocycles. The number of halogens is 1. The molecule has 0 aliphatic carbocycles. The van der Waals surface area contributed by atoms with E-state index in [4.69, 9.17) is 16.3 Å². The SMILES string of the molecule is CC(C)(C)OC(=O)N1CCC(Nc2ncnc3ccc(Cl)nc23)C1. The van der Waals surface area contributed by atoms with Crippen LogP contribution in [-0.2, 0) is 4.74 Å². The van der Waals surface area contributed by atoms with Gasteiger partial charge in [0.05, 0.1) is 5.52 Å². The number of pyridine rings is 1. The number of rotatable bonds is 2. The number of likely N-dealkylation sites (tertiary alicyclic amines) is 1. The molecular formula is C16H20ClN5O2. The van der Waals surface area contributed by atoms with Crippen molar-refractivity contribution >= 4 is 34.5 Å². The zero-order valence-corrected chi connectivity index (χ0v) is 14.7. The molecule has 0 radical (unpaired) electrons. The van der Waals surface area contributed by atoms with Gasteiger partial charge in [-0.25, -0.2) is 19.7 Å². The molecule has 1 N–H and O–H groups in total. The third-order valence-corrected chi connectivity index (χ3v) is 3.84. The van der Waals surface area contributed by atoms with E-state index in [1.165, 1.54) is 6.33 Å². The highest BCUT2D eigenvalue weighted by molar-refractivity contribution is 6.29. The first kappa shape index (κ1) is 16.7. The highest BCUT2D eigenvalue weighted by Gasteiger charge is 2.30. The Morgan fingerprint density at radius 2 is 2.17 bits per heavy atom. The number of ether oxygens (including phenoxy) is 1. The zero-order valence-electron chi connectivity index (χ0n) is 13.9. The molecule has 1 saturated heterocycles. The van der Waals surface area contributed by atoms with Crippen LogP contribution in [0.1, 0.15) is 27.2 Å². The fraction of sp³-hybridized carbons (Fsp3) is 0.500. The predicted molar refractivity (Wildman–Crippen MR) is 92.2 cm³/mol. The van der Waals surface area contributed by atoms with Gasteiger partial charge < -0.3 is 15.0 Å². The maximum atomic E-state index is 12.1. The second-order valence-corrected chi connectivity index (χ2v) is 7.17. The maximum Gasteiger partial charge on any atom is 0.410 e. The predicted octanol–water partition coefficient (Wildman–Crippen LogP) is 3.10. The van der Waals surface area contributed by atoms with Gasteiger partial charge in [0.15, 0.2) is 5.82 Å². The van der Waals surface area contributed by atoms with Gasteiger partial charge in [0.1, 0.15) is 22.6 Å². The summed E-state index contributed by atoms with van der Waals surface area (Å²) in [5, 5.41) is 3.73.